The Morgan fingerprint density at radius 1 is 1.12 bits per heavy atom. The van der Waals surface area contributed by atoms with Gasteiger partial charge in [-0.15, -0.1) is 0 Å². The summed E-state index contributed by atoms with van der Waals surface area (Å²) in [5, 5.41) is 9.85. The monoisotopic (exact) mass is 500 g/mol. The molecule has 0 spiro atoms. The highest BCUT2D eigenvalue weighted by molar-refractivity contribution is 7.89. The lowest BCUT2D eigenvalue weighted by Gasteiger charge is -2.35. The van der Waals surface area contributed by atoms with Crippen LogP contribution in [0.5, 0.6) is 0 Å². The lowest BCUT2D eigenvalue weighted by Crippen LogP contribution is -2.49. The molecule has 2 aromatic rings. The molecule has 2 saturated heterocycles. The SMILES string of the molecule is N#CC1(c2cc(Cl)nc(N3CCN(S(=O)(=O)c4ccc(N5CC(N)CC5=O)cc4)CC3)c2)CC1. The van der Waals surface area contributed by atoms with Crippen LogP contribution in [0.3, 0.4) is 0 Å². The van der Waals surface area contributed by atoms with Crippen LogP contribution in [0, 0.1) is 11.3 Å². The average molecular weight is 501 g/mol. The summed E-state index contributed by atoms with van der Waals surface area (Å²) in [6.45, 7) is 1.96. The molecule has 5 rings (SSSR count). The normalized spacial score (nSPS) is 22.6. The Kier molecular flexibility index (Phi) is 5.76. The molecule has 178 valence electrons. The first kappa shape index (κ1) is 23.1. The second-order valence-electron chi connectivity index (χ2n) is 9.08. The number of halogens is 1. The van der Waals surface area contributed by atoms with E-state index in [1.54, 1.807) is 23.1 Å². The van der Waals surface area contributed by atoms with E-state index in [9.17, 15) is 18.5 Å². The molecule has 3 aliphatic rings. The molecule has 1 aromatic carbocycles. The maximum absolute atomic E-state index is 13.2. The van der Waals surface area contributed by atoms with E-state index in [1.165, 1.54) is 16.4 Å². The third kappa shape index (κ3) is 4.14. The number of nitrogens with two attached hydrogens (primary N) is 1. The van der Waals surface area contributed by atoms with Crippen LogP contribution < -0.4 is 15.5 Å². The topological polar surface area (TPSA) is 124 Å². The molecule has 34 heavy (non-hydrogen) atoms. The Morgan fingerprint density at radius 3 is 2.35 bits per heavy atom. The number of hydrogen-bond donors (Lipinski definition) is 1. The van der Waals surface area contributed by atoms with Gasteiger partial charge in [0.25, 0.3) is 0 Å². The van der Waals surface area contributed by atoms with Gasteiger partial charge in [-0.2, -0.15) is 9.57 Å². The van der Waals surface area contributed by atoms with Crippen LogP contribution in [-0.4, -0.2) is 62.4 Å². The number of anilines is 2. The Morgan fingerprint density at radius 2 is 1.79 bits per heavy atom. The molecule has 11 heteroatoms. The zero-order chi connectivity index (χ0) is 24.1. The maximum Gasteiger partial charge on any atom is 0.243 e. The molecule has 2 aliphatic heterocycles. The molecule has 3 fully saturated rings. The first-order valence-electron chi connectivity index (χ1n) is 11.2. The number of carbonyl (C=O) groups excluding carboxylic acids is 1. The number of piperazine rings is 1. The Labute approximate surface area is 203 Å². The van der Waals surface area contributed by atoms with Crippen molar-refractivity contribution in [1.82, 2.24) is 9.29 Å². The zero-order valence-corrected chi connectivity index (χ0v) is 20.1. The summed E-state index contributed by atoms with van der Waals surface area (Å²) < 4.78 is 27.9. The van der Waals surface area contributed by atoms with E-state index in [-0.39, 0.29) is 16.8 Å². The Bertz CT molecular complexity index is 1260. The molecule has 1 aliphatic carbocycles. The van der Waals surface area contributed by atoms with Gasteiger partial charge in [-0.1, -0.05) is 11.6 Å². The van der Waals surface area contributed by atoms with Crippen LogP contribution in [-0.2, 0) is 20.2 Å². The van der Waals surface area contributed by atoms with Crippen molar-refractivity contribution in [3.63, 3.8) is 0 Å². The first-order valence-corrected chi connectivity index (χ1v) is 13.0. The van der Waals surface area contributed by atoms with Crippen LogP contribution in [0.15, 0.2) is 41.3 Å². The Hall–Kier alpha value is -2.71. The maximum atomic E-state index is 13.2. The number of carbonyl (C=O) groups is 1. The molecule has 0 radical (unpaired) electrons. The standard InChI is InChI=1S/C23H25ClN6O3S/c24-20-11-16(23(15-25)5-6-23)12-21(27-20)28-7-9-29(10-8-28)34(32,33)19-3-1-18(2-4-19)30-14-17(26)13-22(30)31/h1-4,11-12,17H,5-10,13-14,26H2. The van der Waals surface area contributed by atoms with Gasteiger partial charge in [0.05, 0.1) is 16.4 Å². The van der Waals surface area contributed by atoms with E-state index < -0.39 is 15.4 Å². The minimum atomic E-state index is -3.68. The third-order valence-electron chi connectivity index (χ3n) is 6.80. The molecule has 1 aromatic heterocycles. The van der Waals surface area contributed by atoms with Crippen LogP contribution in [0.25, 0.3) is 0 Å². The van der Waals surface area contributed by atoms with Gasteiger partial charge >= 0.3 is 0 Å². The molecule has 3 heterocycles. The average Bonchev–Trinajstić information content (AvgIpc) is 3.56. The number of aromatic nitrogens is 1. The van der Waals surface area contributed by atoms with Crippen molar-refractivity contribution < 1.29 is 13.2 Å². The van der Waals surface area contributed by atoms with Crippen LogP contribution in [0.2, 0.25) is 5.15 Å². The number of sulfonamides is 1. The van der Waals surface area contributed by atoms with E-state index >= 15 is 0 Å². The minimum absolute atomic E-state index is 0.0561. The Balaban J connectivity index is 1.27. The van der Waals surface area contributed by atoms with Crippen LogP contribution in [0.4, 0.5) is 11.5 Å². The third-order valence-corrected chi connectivity index (χ3v) is 8.91. The highest BCUT2D eigenvalue weighted by atomic mass is 35.5. The highest BCUT2D eigenvalue weighted by Crippen LogP contribution is 2.48. The van der Waals surface area contributed by atoms with Crippen LogP contribution in [0.1, 0.15) is 24.8 Å². The van der Waals surface area contributed by atoms with Crippen molar-refractivity contribution >= 4 is 39.0 Å². The van der Waals surface area contributed by atoms with E-state index in [0.29, 0.717) is 55.8 Å². The number of nitrogens with zero attached hydrogens (tertiary/aromatic N) is 5. The molecule has 9 nitrogen and oxygen atoms in total. The lowest BCUT2D eigenvalue weighted by atomic mass is 9.99. The highest BCUT2D eigenvalue weighted by Gasteiger charge is 2.45. The predicted octanol–water partition coefficient (Wildman–Crippen LogP) is 1.87. The number of nitriles is 1. The molecule has 1 atom stereocenters. The number of rotatable bonds is 5. The van der Waals surface area contributed by atoms with Crippen molar-refractivity contribution in [1.29, 1.82) is 5.26 Å². The molecular formula is C23H25ClN6O3S. The number of benzene rings is 1. The quantitative estimate of drug-likeness (QED) is 0.621. The number of pyridine rings is 1. The van der Waals surface area contributed by atoms with E-state index in [0.717, 1.165) is 18.4 Å². The lowest BCUT2D eigenvalue weighted by molar-refractivity contribution is -0.117. The fourth-order valence-corrected chi connectivity index (χ4v) is 6.23. The molecule has 1 saturated carbocycles. The van der Waals surface area contributed by atoms with Crippen molar-refractivity contribution in [2.24, 2.45) is 5.73 Å². The first-order chi connectivity index (χ1) is 16.2. The number of hydrogen-bond acceptors (Lipinski definition) is 7. The van der Waals surface area contributed by atoms with Gasteiger partial charge in [0.2, 0.25) is 15.9 Å². The van der Waals surface area contributed by atoms with Crippen molar-refractivity contribution in [3.8, 4) is 6.07 Å². The van der Waals surface area contributed by atoms with Crippen LogP contribution >= 0.6 is 11.6 Å². The minimum Gasteiger partial charge on any atom is -0.354 e. The number of amides is 1. The summed E-state index contributed by atoms with van der Waals surface area (Å²) in [5.41, 5.74) is 6.91. The summed E-state index contributed by atoms with van der Waals surface area (Å²) in [4.78, 5) is 20.3. The summed E-state index contributed by atoms with van der Waals surface area (Å²) >= 11 is 6.23. The second-order valence-corrected chi connectivity index (χ2v) is 11.4. The largest absolute Gasteiger partial charge is 0.354 e. The summed E-state index contributed by atoms with van der Waals surface area (Å²) in [5.74, 6) is 0.610. The smallest absolute Gasteiger partial charge is 0.243 e. The summed E-state index contributed by atoms with van der Waals surface area (Å²) in [6.07, 6.45) is 1.92. The molecule has 0 bridgehead atoms. The molecule has 2 N–H and O–H groups in total. The fraction of sp³-hybridized carbons (Fsp3) is 0.435. The predicted molar refractivity (Wildman–Crippen MR) is 128 cm³/mol. The van der Waals surface area contributed by atoms with E-state index in [4.69, 9.17) is 17.3 Å². The van der Waals surface area contributed by atoms with Gasteiger partial charge < -0.3 is 15.5 Å². The van der Waals surface area contributed by atoms with Crippen molar-refractivity contribution in [2.45, 2.75) is 35.6 Å². The fourth-order valence-electron chi connectivity index (χ4n) is 4.60. The van der Waals surface area contributed by atoms with E-state index in [1.807, 2.05) is 11.0 Å². The van der Waals surface area contributed by atoms with Gasteiger partial charge in [0.1, 0.15) is 11.0 Å². The van der Waals surface area contributed by atoms with Gasteiger partial charge in [-0.25, -0.2) is 13.4 Å². The van der Waals surface area contributed by atoms with Gasteiger partial charge in [-0.3, -0.25) is 4.79 Å². The molecule has 1 amide bonds. The van der Waals surface area contributed by atoms with Gasteiger partial charge in [-0.05, 0) is 54.8 Å². The van der Waals surface area contributed by atoms with E-state index in [2.05, 4.69) is 11.1 Å². The van der Waals surface area contributed by atoms with Crippen molar-refractivity contribution in [2.75, 3.05) is 42.5 Å². The second kappa shape index (κ2) is 8.50. The summed E-state index contributed by atoms with van der Waals surface area (Å²) in [6, 6.07) is 12.2. The molecule has 1 unspecified atom stereocenters. The molecular weight excluding hydrogens is 476 g/mol. The zero-order valence-electron chi connectivity index (χ0n) is 18.5. The summed E-state index contributed by atoms with van der Waals surface area (Å²) in [7, 11) is -3.68. The van der Waals surface area contributed by atoms with Gasteiger partial charge in [0.15, 0.2) is 0 Å². The van der Waals surface area contributed by atoms with Gasteiger partial charge in [0, 0.05) is 50.9 Å². The van der Waals surface area contributed by atoms with Crippen molar-refractivity contribution in [3.05, 3.63) is 47.1 Å².